The molecule has 0 aliphatic heterocycles. The second kappa shape index (κ2) is 10.0. The molecule has 0 aliphatic rings. The van der Waals surface area contributed by atoms with Gasteiger partial charge in [0, 0.05) is 0 Å². The third-order valence-corrected chi connectivity index (χ3v) is 9.32. The normalized spacial score (nSPS) is 12.4. The van der Waals surface area contributed by atoms with Gasteiger partial charge in [0.15, 0.2) is 0 Å². The molecule has 0 radical (unpaired) electrons. The van der Waals surface area contributed by atoms with E-state index in [1.54, 1.807) is 0 Å². The quantitative estimate of drug-likeness (QED) is 0.208. The van der Waals surface area contributed by atoms with Crippen LogP contribution < -0.4 is 3.32 Å². The second-order valence-electron chi connectivity index (χ2n) is 10.2. The van der Waals surface area contributed by atoms with E-state index in [-0.39, 0.29) is 11.2 Å². The Kier molecular flexibility index (Phi) is 7.64. The van der Waals surface area contributed by atoms with E-state index in [0.29, 0.717) is 0 Å². The molecular formula is C28H29Br2O3Ti. The fraction of sp³-hybridized carbons (Fsp3) is 0.286. The van der Waals surface area contributed by atoms with E-state index in [0.717, 1.165) is 36.6 Å². The van der Waals surface area contributed by atoms with Crippen molar-refractivity contribution >= 4 is 53.4 Å². The Bertz CT molecular complexity index is 1320. The number of hydrogen-bond donors (Lipinski definition) is 0. The molecule has 4 aromatic carbocycles. The molecule has 4 aromatic rings. The standard InChI is InChI=1S/C20H12Br2O.2C4H9O.Ti/c21-17-10-13-6-2-1-5-12(13)9-16(17)19-18(22)11-14-7-3-4-8-15(14)20(19)23;2*1-4(2,3)5;/h1-11,23H;2*1-3H3;/q;2*-1;+3/p-1. The van der Waals surface area contributed by atoms with E-state index < -0.39 is 19.0 Å². The average molecular weight is 621 g/mol. The molecule has 34 heavy (non-hydrogen) atoms. The summed E-state index contributed by atoms with van der Waals surface area (Å²) in [6.45, 7) is 12.2. The van der Waals surface area contributed by atoms with Gasteiger partial charge in [0.1, 0.15) is 0 Å². The van der Waals surface area contributed by atoms with E-state index in [9.17, 15) is 0 Å². The summed E-state index contributed by atoms with van der Waals surface area (Å²) in [7, 11) is 0. The predicted octanol–water partition coefficient (Wildman–Crippen LogP) is 9.56. The molecule has 0 saturated carbocycles. The summed E-state index contributed by atoms with van der Waals surface area (Å²) in [6, 6.07) is 23.2. The molecule has 0 unspecified atom stereocenters. The van der Waals surface area contributed by atoms with Gasteiger partial charge < -0.3 is 0 Å². The zero-order chi connectivity index (χ0) is 24.7. The van der Waals surface area contributed by atoms with Crippen LogP contribution in [0.3, 0.4) is 0 Å². The van der Waals surface area contributed by atoms with Crippen molar-refractivity contribution in [3.8, 4) is 16.9 Å². The molecule has 0 aliphatic carbocycles. The van der Waals surface area contributed by atoms with Crippen LogP contribution in [0, 0.1) is 0 Å². The molecule has 0 atom stereocenters. The average Bonchev–Trinajstić information content (AvgIpc) is 2.71. The number of hydrogen-bond acceptors (Lipinski definition) is 3. The first-order chi connectivity index (χ1) is 15.9. The van der Waals surface area contributed by atoms with Gasteiger partial charge in [-0.1, -0.05) is 0 Å². The third kappa shape index (κ3) is 6.13. The minimum atomic E-state index is -2.93. The molecule has 6 heteroatoms. The van der Waals surface area contributed by atoms with Crippen LogP contribution in [0.25, 0.3) is 32.7 Å². The van der Waals surface area contributed by atoms with Crippen LogP contribution in [-0.4, -0.2) is 11.2 Å². The molecule has 0 saturated heterocycles. The molecule has 0 bridgehead atoms. The Morgan fingerprint density at radius 1 is 0.647 bits per heavy atom. The van der Waals surface area contributed by atoms with Crippen LogP contribution in [0.5, 0.6) is 5.75 Å². The molecule has 3 nitrogen and oxygen atoms in total. The van der Waals surface area contributed by atoms with E-state index in [1.807, 2.05) is 53.7 Å². The minimum absolute atomic E-state index is 0.383. The van der Waals surface area contributed by atoms with Gasteiger partial charge in [-0.2, -0.15) is 0 Å². The molecule has 0 spiro atoms. The zero-order valence-corrected chi connectivity index (χ0v) is 25.1. The van der Waals surface area contributed by atoms with Crippen molar-refractivity contribution in [3.63, 3.8) is 0 Å². The summed E-state index contributed by atoms with van der Waals surface area (Å²) >= 11 is 4.75. The second-order valence-corrected chi connectivity index (χ2v) is 13.7. The molecule has 0 fully saturated rings. The van der Waals surface area contributed by atoms with Gasteiger partial charge >= 0.3 is 228 Å². The van der Waals surface area contributed by atoms with Crippen molar-refractivity contribution in [3.05, 3.63) is 75.7 Å². The maximum absolute atomic E-state index is 6.78. The first kappa shape index (κ1) is 25.9. The third-order valence-electron chi connectivity index (χ3n) is 5.02. The number of fused-ring (bicyclic) bond motifs is 2. The summed E-state index contributed by atoms with van der Waals surface area (Å²) < 4.78 is 21.5. The first-order valence-corrected chi connectivity index (χ1v) is 14.7. The topological polar surface area (TPSA) is 27.7 Å². The van der Waals surface area contributed by atoms with Gasteiger partial charge in [-0.15, -0.1) is 0 Å². The van der Waals surface area contributed by atoms with E-state index in [1.165, 1.54) is 10.8 Å². The van der Waals surface area contributed by atoms with Gasteiger partial charge in [-0.25, -0.2) is 0 Å². The van der Waals surface area contributed by atoms with Crippen molar-refractivity contribution in [2.24, 2.45) is 0 Å². The first-order valence-electron chi connectivity index (χ1n) is 11.2. The Balaban J connectivity index is 1.95. The summed E-state index contributed by atoms with van der Waals surface area (Å²) in [4.78, 5) is 0. The molecule has 0 N–H and O–H groups in total. The SMILES string of the molecule is CC(C)(C)[O][Ti]([O]c1c(-c2cc3ccccc3cc2Br)c(Br)cc2ccccc12)[O]C(C)(C)C. The monoisotopic (exact) mass is 619 g/mol. The number of halogens is 2. The van der Waals surface area contributed by atoms with Crippen LogP contribution >= 0.6 is 31.9 Å². The molecule has 4 rings (SSSR count). The van der Waals surface area contributed by atoms with Crippen LogP contribution in [0.2, 0.25) is 0 Å². The predicted molar refractivity (Wildman–Crippen MR) is 145 cm³/mol. The van der Waals surface area contributed by atoms with E-state index >= 15 is 0 Å². The Morgan fingerprint density at radius 3 is 1.74 bits per heavy atom. The van der Waals surface area contributed by atoms with Crippen molar-refractivity contribution in [1.29, 1.82) is 0 Å². The fourth-order valence-electron chi connectivity index (χ4n) is 3.69. The van der Waals surface area contributed by atoms with Gasteiger partial charge in [0.25, 0.3) is 0 Å². The van der Waals surface area contributed by atoms with Crippen molar-refractivity contribution < 1.29 is 29.0 Å². The maximum atomic E-state index is 6.78. The van der Waals surface area contributed by atoms with Gasteiger partial charge in [0.2, 0.25) is 0 Å². The molecular weight excluding hydrogens is 592 g/mol. The fourth-order valence-corrected chi connectivity index (χ4v) is 7.24. The van der Waals surface area contributed by atoms with Crippen LogP contribution in [-0.2, 0) is 25.7 Å². The molecule has 177 valence electrons. The number of benzene rings is 4. The molecule has 0 aromatic heterocycles. The van der Waals surface area contributed by atoms with Crippen molar-refractivity contribution in [2.45, 2.75) is 52.7 Å². The summed E-state index contributed by atoms with van der Waals surface area (Å²) in [5.41, 5.74) is 1.27. The molecule has 0 amide bonds. The molecule has 0 heterocycles. The Labute approximate surface area is 226 Å². The van der Waals surface area contributed by atoms with Crippen LogP contribution in [0.4, 0.5) is 0 Å². The summed E-state index contributed by atoms with van der Waals surface area (Å²) in [5.74, 6) is 0.782. The van der Waals surface area contributed by atoms with Crippen LogP contribution in [0.15, 0.2) is 75.7 Å². The summed E-state index contributed by atoms with van der Waals surface area (Å²) in [5, 5.41) is 4.47. The Hall–Kier alpha value is -1.21. The summed E-state index contributed by atoms with van der Waals surface area (Å²) in [6.07, 6.45) is 0. The Morgan fingerprint density at radius 2 is 1.15 bits per heavy atom. The zero-order valence-electron chi connectivity index (χ0n) is 20.3. The van der Waals surface area contributed by atoms with Gasteiger partial charge in [-0.3, -0.25) is 0 Å². The van der Waals surface area contributed by atoms with Gasteiger partial charge in [0.05, 0.1) is 0 Å². The van der Waals surface area contributed by atoms with Gasteiger partial charge in [-0.05, 0) is 0 Å². The number of rotatable bonds is 5. The van der Waals surface area contributed by atoms with Crippen LogP contribution in [0.1, 0.15) is 41.5 Å². The van der Waals surface area contributed by atoms with Crippen molar-refractivity contribution in [1.82, 2.24) is 0 Å². The van der Waals surface area contributed by atoms with E-state index in [2.05, 4.69) is 86.5 Å². The van der Waals surface area contributed by atoms with Crippen molar-refractivity contribution in [2.75, 3.05) is 0 Å². The van der Waals surface area contributed by atoms with E-state index in [4.69, 9.17) is 9.96 Å².